The van der Waals surface area contributed by atoms with E-state index in [0.717, 1.165) is 24.3 Å². The molecule has 114 valence electrons. The van der Waals surface area contributed by atoms with Gasteiger partial charge in [0.25, 0.3) is 0 Å². The Labute approximate surface area is 126 Å². The minimum atomic E-state index is -0.205. The van der Waals surface area contributed by atoms with Gasteiger partial charge in [-0.1, -0.05) is 18.6 Å². The first-order valence-corrected chi connectivity index (χ1v) is 7.98. The Morgan fingerprint density at radius 1 is 1.10 bits per heavy atom. The molecule has 2 fully saturated rings. The van der Waals surface area contributed by atoms with Gasteiger partial charge in [0.1, 0.15) is 5.75 Å². The van der Waals surface area contributed by atoms with Crippen molar-refractivity contribution in [1.29, 1.82) is 0 Å². The highest BCUT2D eigenvalue weighted by Gasteiger charge is 2.19. The van der Waals surface area contributed by atoms with E-state index in [1.165, 1.54) is 32.1 Å². The number of carbonyl (C=O) groups excluding carboxylic acids is 1. The maximum absolute atomic E-state index is 11.6. The standard InChI is InChI=1S/C17H23NO3/c19-17-18(11-4-12-20-17)13-14-7-9-16(10-8-14)21-15-5-2-1-3-6-15/h7-10,15H,1-6,11-13H2. The minimum absolute atomic E-state index is 0.205. The van der Waals surface area contributed by atoms with Crippen LogP contribution in [-0.4, -0.2) is 30.2 Å². The lowest BCUT2D eigenvalue weighted by molar-refractivity contribution is 0.0700. The van der Waals surface area contributed by atoms with Crippen LogP contribution in [0.15, 0.2) is 24.3 Å². The van der Waals surface area contributed by atoms with Crippen molar-refractivity contribution < 1.29 is 14.3 Å². The van der Waals surface area contributed by atoms with E-state index in [2.05, 4.69) is 0 Å². The van der Waals surface area contributed by atoms with Gasteiger partial charge in [0.2, 0.25) is 0 Å². The molecule has 1 amide bonds. The van der Waals surface area contributed by atoms with Crippen molar-refractivity contribution in [3.05, 3.63) is 29.8 Å². The fraction of sp³-hybridized carbons (Fsp3) is 0.588. The molecule has 1 aromatic carbocycles. The van der Waals surface area contributed by atoms with E-state index in [4.69, 9.17) is 9.47 Å². The van der Waals surface area contributed by atoms with Crippen LogP contribution in [0.5, 0.6) is 5.75 Å². The van der Waals surface area contributed by atoms with E-state index in [9.17, 15) is 4.79 Å². The van der Waals surface area contributed by atoms with Crippen molar-refractivity contribution in [2.45, 2.75) is 51.2 Å². The molecule has 1 aromatic rings. The average molecular weight is 289 g/mol. The highest BCUT2D eigenvalue weighted by atomic mass is 16.6. The maximum Gasteiger partial charge on any atom is 0.410 e. The summed E-state index contributed by atoms with van der Waals surface area (Å²) in [5.41, 5.74) is 1.12. The monoisotopic (exact) mass is 289 g/mol. The molecule has 0 N–H and O–H groups in total. The van der Waals surface area contributed by atoms with E-state index < -0.39 is 0 Å². The van der Waals surface area contributed by atoms with Crippen LogP contribution in [0.3, 0.4) is 0 Å². The van der Waals surface area contributed by atoms with Crippen LogP contribution < -0.4 is 4.74 Å². The third-order valence-electron chi connectivity index (χ3n) is 4.21. The predicted molar refractivity (Wildman–Crippen MR) is 80.3 cm³/mol. The maximum atomic E-state index is 11.6. The summed E-state index contributed by atoms with van der Waals surface area (Å²) in [5.74, 6) is 0.937. The van der Waals surface area contributed by atoms with Crippen LogP contribution in [0.1, 0.15) is 44.1 Å². The Morgan fingerprint density at radius 3 is 2.57 bits per heavy atom. The van der Waals surface area contributed by atoms with E-state index in [0.29, 0.717) is 19.3 Å². The lowest BCUT2D eigenvalue weighted by Gasteiger charge is -2.26. The van der Waals surface area contributed by atoms with Gasteiger partial charge in [-0.25, -0.2) is 4.79 Å². The largest absolute Gasteiger partial charge is 0.490 e. The topological polar surface area (TPSA) is 38.8 Å². The zero-order chi connectivity index (χ0) is 14.5. The summed E-state index contributed by atoms with van der Waals surface area (Å²) in [5, 5.41) is 0. The second-order valence-corrected chi connectivity index (χ2v) is 5.91. The van der Waals surface area contributed by atoms with Gasteiger partial charge in [-0.15, -0.1) is 0 Å². The average Bonchev–Trinajstić information content (AvgIpc) is 2.52. The molecule has 3 rings (SSSR count). The Bertz CT molecular complexity index is 465. The van der Waals surface area contributed by atoms with Gasteiger partial charge in [-0.05, 0) is 49.8 Å². The molecule has 21 heavy (non-hydrogen) atoms. The van der Waals surface area contributed by atoms with Crippen molar-refractivity contribution in [2.24, 2.45) is 0 Å². The Kier molecular flexibility index (Phi) is 4.63. The van der Waals surface area contributed by atoms with E-state index >= 15 is 0 Å². The van der Waals surface area contributed by atoms with Gasteiger partial charge in [0.05, 0.1) is 12.7 Å². The van der Waals surface area contributed by atoms with Crippen molar-refractivity contribution in [3.8, 4) is 5.75 Å². The Balaban J connectivity index is 1.54. The molecule has 1 aliphatic carbocycles. The normalized spacial score (nSPS) is 20.2. The summed E-state index contributed by atoms with van der Waals surface area (Å²) in [4.78, 5) is 13.4. The van der Waals surface area contributed by atoms with Gasteiger partial charge >= 0.3 is 6.09 Å². The number of benzene rings is 1. The van der Waals surface area contributed by atoms with Gasteiger partial charge in [0, 0.05) is 13.1 Å². The number of carbonyl (C=O) groups is 1. The second kappa shape index (κ2) is 6.83. The highest BCUT2D eigenvalue weighted by molar-refractivity contribution is 5.68. The molecule has 1 saturated carbocycles. The molecule has 1 saturated heterocycles. The number of rotatable bonds is 4. The first-order chi connectivity index (χ1) is 10.3. The van der Waals surface area contributed by atoms with E-state index in [1.54, 1.807) is 4.90 Å². The number of nitrogens with zero attached hydrogens (tertiary/aromatic N) is 1. The molecule has 1 aliphatic heterocycles. The lowest BCUT2D eigenvalue weighted by atomic mass is 9.98. The fourth-order valence-electron chi connectivity index (χ4n) is 3.01. The molecular weight excluding hydrogens is 266 g/mol. The number of amides is 1. The minimum Gasteiger partial charge on any atom is -0.490 e. The summed E-state index contributed by atoms with van der Waals surface area (Å²) >= 11 is 0. The molecule has 0 bridgehead atoms. The first kappa shape index (κ1) is 14.2. The zero-order valence-electron chi connectivity index (χ0n) is 12.4. The molecule has 1 heterocycles. The van der Waals surface area contributed by atoms with E-state index in [-0.39, 0.29) is 6.09 Å². The Morgan fingerprint density at radius 2 is 1.86 bits per heavy atom. The quantitative estimate of drug-likeness (QED) is 0.847. The van der Waals surface area contributed by atoms with E-state index in [1.807, 2.05) is 24.3 Å². The lowest BCUT2D eigenvalue weighted by Crippen LogP contribution is -2.37. The number of cyclic esters (lactones) is 1. The third kappa shape index (κ3) is 3.90. The van der Waals surface area contributed by atoms with Crippen LogP contribution in [0, 0.1) is 0 Å². The molecule has 4 nitrogen and oxygen atoms in total. The van der Waals surface area contributed by atoms with Crippen molar-refractivity contribution in [2.75, 3.05) is 13.2 Å². The summed E-state index contributed by atoms with van der Waals surface area (Å²) in [6, 6.07) is 8.11. The summed E-state index contributed by atoms with van der Waals surface area (Å²) in [7, 11) is 0. The summed E-state index contributed by atoms with van der Waals surface area (Å²) < 4.78 is 11.1. The SMILES string of the molecule is O=C1OCCCN1Cc1ccc(OC2CCCCC2)cc1. The molecule has 0 unspecified atom stereocenters. The highest BCUT2D eigenvalue weighted by Crippen LogP contribution is 2.24. The van der Waals surface area contributed by atoms with Crippen LogP contribution in [0.2, 0.25) is 0 Å². The van der Waals surface area contributed by atoms with Crippen molar-refractivity contribution in [1.82, 2.24) is 4.90 Å². The van der Waals surface area contributed by atoms with Crippen molar-refractivity contribution in [3.63, 3.8) is 0 Å². The molecule has 0 aromatic heterocycles. The number of hydrogen-bond donors (Lipinski definition) is 0. The van der Waals surface area contributed by atoms with Gasteiger partial charge in [-0.3, -0.25) is 0 Å². The summed E-state index contributed by atoms with van der Waals surface area (Å²) in [6.45, 7) is 1.94. The van der Waals surface area contributed by atoms with Crippen molar-refractivity contribution >= 4 is 6.09 Å². The van der Waals surface area contributed by atoms with Gasteiger partial charge < -0.3 is 14.4 Å². The second-order valence-electron chi connectivity index (χ2n) is 5.91. The number of ether oxygens (including phenoxy) is 2. The zero-order valence-corrected chi connectivity index (χ0v) is 12.4. The molecular formula is C17H23NO3. The molecule has 0 atom stereocenters. The number of hydrogen-bond acceptors (Lipinski definition) is 3. The first-order valence-electron chi connectivity index (χ1n) is 7.98. The summed E-state index contributed by atoms with van der Waals surface area (Å²) in [6.07, 6.45) is 7.31. The predicted octanol–water partition coefficient (Wildman–Crippen LogP) is 3.74. The van der Waals surface area contributed by atoms with Crippen LogP contribution in [-0.2, 0) is 11.3 Å². The van der Waals surface area contributed by atoms with Crippen LogP contribution in [0.4, 0.5) is 4.79 Å². The Hall–Kier alpha value is -1.71. The van der Waals surface area contributed by atoms with Crippen LogP contribution in [0.25, 0.3) is 0 Å². The molecule has 0 radical (unpaired) electrons. The molecule has 0 spiro atoms. The van der Waals surface area contributed by atoms with Gasteiger partial charge in [-0.2, -0.15) is 0 Å². The molecule has 4 heteroatoms. The smallest absolute Gasteiger partial charge is 0.410 e. The fourth-order valence-corrected chi connectivity index (χ4v) is 3.01. The van der Waals surface area contributed by atoms with Crippen LogP contribution >= 0.6 is 0 Å². The third-order valence-corrected chi connectivity index (χ3v) is 4.21. The molecule has 2 aliphatic rings. The van der Waals surface area contributed by atoms with Gasteiger partial charge in [0.15, 0.2) is 0 Å².